The van der Waals surface area contributed by atoms with E-state index in [-0.39, 0.29) is 37.6 Å². The van der Waals surface area contributed by atoms with Crippen molar-refractivity contribution in [2.45, 2.75) is 73.3 Å². The molecule has 0 aromatic carbocycles. The average Bonchev–Trinajstić information content (AvgIpc) is 2.71. The first-order valence-corrected chi connectivity index (χ1v) is 10.4. The quantitative estimate of drug-likeness (QED) is 0.160. The Morgan fingerprint density at radius 1 is 0.605 bits per heavy atom. The summed E-state index contributed by atoms with van der Waals surface area (Å²) in [5.41, 5.74) is 0. The van der Waals surface area contributed by atoms with Gasteiger partial charge in [0.25, 0.3) is 5.24 Å². The van der Waals surface area contributed by atoms with Crippen LogP contribution in [0.5, 0.6) is 0 Å². The lowest BCUT2D eigenvalue weighted by molar-refractivity contribution is -0.461. The van der Waals surface area contributed by atoms with Crippen molar-refractivity contribution in [3.63, 3.8) is 0 Å². The van der Waals surface area contributed by atoms with E-state index in [2.05, 4.69) is 0 Å². The zero-order chi connectivity index (χ0) is 30.8. The van der Waals surface area contributed by atoms with Crippen molar-refractivity contribution in [1.82, 2.24) is 5.32 Å². The molecule has 226 valence electrons. The number of amides is 1. The molecule has 0 fully saturated rings. The Balaban J connectivity index is 5.75. The molecule has 1 amide bonds. The van der Waals surface area contributed by atoms with Crippen LogP contribution in [0.3, 0.4) is 0 Å². The van der Waals surface area contributed by atoms with E-state index in [1.165, 1.54) is 0 Å². The first-order valence-electron chi connectivity index (χ1n) is 9.40. The second-order valence-electron chi connectivity index (χ2n) is 7.31. The fourth-order valence-electron chi connectivity index (χ4n) is 2.27. The van der Waals surface area contributed by atoms with Crippen LogP contribution in [0.25, 0.3) is 0 Å². The molecule has 0 radical (unpaired) electrons. The first-order chi connectivity index (χ1) is 16.6. The predicted molar refractivity (Wildman–Crippen MR) is 92.6 cm³/mol. The van der Waals surface area contributed by atoms with Crippen LogP contribution in [0, 0.1) is 0 Å². The van der Waals surface area contributed by atoms with Crippen LogP contribution >= 0.6 is 11.8 Å². The Morgan fingerprint density at radius 3 is 1.39 bits per heavy atom. The van der Waals surface area contributed by atoms with Gasteiger partial charge in [-0.3, -0.25) is 9.59 Å². The van der Waals surface area contributed by atoms with Gasteiger partial charge in [-0.2, -0.15) is 74.6 Å². The number of nitrogens with one attached hydrogen (secondary N) is 1. The topological polar surface area (TPSA) is 66.4 Å². The number of aliphatic carboxylic acids is 1. The van der Waals surface area contributed by atoms with Gasteiger partial charge in [-0.15, -0.1) is 0 Å². The molecule has 38 heavy (non-hydrogen) atoms. The number of carboxylic acids is 1. The summed E-state index contributed by atoms with van der Waals surface area (Å²) >= 11 is -0.387. The average molecular weight is 623 g/mol. The van der Waals surface area contributed by atoms with Gasteiger partial charge < -0.3 is 10.4 Å². The van der Waals surface area contributed by atoms with E-state index in [9.17, 15) is 84.2 Å². The number of alkyl halides is 17. The van der Waals surface area contributed by atoms with Crippen LogP contribution < -0.4 is 5.32 Å². The number of rotatable bonds is 14. The monoisotopic (exact) mass is 623 g/mol. The zero-order valence-electron chi connectivity index (χ0n) is 17.8. The number of unbranched alkanes of at least 4 members (excludes halogenated alkanes) is 1. The standard InChI is InChI=1S/C16H14F17NO3S/c17-9(18,4-6-38-8(37)34-5-2-1-3-7(35)36)10(19,20)11(21,22)12(23,24)13(25,26)14(27,28)15(29,30)16(31,32)33/h1-6H2,(H,34,37)(H,35,36). The van der Waals surface area contributed by atoms with Crippen molar-refractivity contribution in [3.05, 3.63) is 0 Å². The molecule has 2 N–H and O–H groups in total. The number of carboxylic acid groups (broad SMARTS) is 1. The normalized spacial score (nSPS) is 15.0. The van der Waals surface area contributed by atoms with E-state index in [1.807, 2.05) is 5.32 Å². The predicted octanol–water partition coefficient (Wildman–Crippen LogP) is 7.08. The minimum absolute atomic E-state index is 0.00749. The van der Waals surface area contributed by atoms with E-state index in [4.69, 9.17) is 5.11 Å². The molecule has 22 heteroatoms. The maximum atomic E-state index is 13.7. The number of hydrogen-bond donors (Lipinski definition) is 2. The molecular formula is C16H14F17NO3S. The van der Waals surface area contributed by atoms with E-state index < -0.39 is 71.0 Å². The van der Waals surface area contributed by atoms with Gasteiger partial charge in [-0.1, -0.05) is 11.8 Å². The second-order valence-corrected chi connectivity index (χ2v) is 8.38. The summed E-state index contributed by atoms with van der Waals surface area (Å²) in [6, 6.07) is 0. The lowest BCUT2D eigenvalue weighted by Crippen LogP contribution is -2.74. The lowest BCUT2D eigenvalue weighted by atomic mass is 9.88. The fraction of sp³-hybridized carbons (Fsp3) is 0.875. The van der Waals surface area contributed by atoms with Crippen LogP contribution in [-0.4, -0.2) is 76.2 Å². The minimum atomic E-state index is -8.68. The van der Waals surface area contributed by atoms with Gasteiger partial charge in [0.05, 0.1) is 0 Å². The van der Waals surface area contributed by atoms with Gasteiger partial charge >= 0.3 is 53.6 Å². The zero-order valence-corrected chi connectivity index (χ0v) is 18.7. The number of thioether (sulfide) groups is 1. The summed E-state index contributed by atoms with van der Waals surface area (Å²) in [6.07, 6.45) is -10.9. The van der Waals surface area contributed by atoms with Crippen molar-refractivity contribution in [3.8, 4) is 0 Å². The summed E-state index contributed by atoms with van der Waals surface area (Å²) < 4.78 is 223. The lowest BCUT2D eigenvalue weighted by Gasteiger charge is -2.42. The molecule has 0 unspecified atom stereocenters. The van der Waals surface area contributed by atoms with Gasteiger partial charge in [0, 0.05) is 25.1 Å². The molecule has 0 aromatic heterocycles. The van der Waals surface area contributed by atoms with Crippen LogP contribution in [-0.2, 0) is 4.79 Å². The smallest absolute Gasteiger partial charge is 0.460 e. The van der Waals surface area contributed by atoms with Gasteiger partial charge in [0.2, 0.25) is 0 Å². The maximum absolute atomic E-state index is 13.7. The van der Waals surface area contributed by atoms with Gasteiger partial charge in [0.15, 0.2) is 0 Å². The van der Waals surface area contributed by atoms with Gasteiger partial charge in [-0.05, 0) is 12.8 Å². The Hall–Kier alpha value is -1.90. The molecule has 0 bridgehead atoms. The Bertz CT molecular complexity index is 844. The first kappa shape index (κ1) is 36.1. The van der Waals surface area contributed by atoms with Crippen LogP contribution in [0.4, 0.5) is 79.4 Å². The van der Waals surface area contributed by atoms with E-state index in [0.717, 1.165) is 0 Å². The highest BCUT2D eigenvalue weighted by Gasteiger charge is 2.95. The number of carbonyl (C=O) groups is 2. The van der Waals surface area contributed by atoms with Crippen molar-refractivity contribution >= 4 is 23.0 Å². The second kappa shape index (κ2) is 11.3. The van der Waals surface area contributed by atoms with Crippen molar-refractivity contribution in [2.24, 2.45) is 0 Å². The summed E-state index contributed by atoms with van der Waals surface area (Å²) in [7, 11) is 0. The highest BCUT2D eigenvalue weighted by molar-refractivity contribution is 8.13. The molecule has 0 saturated heterocycles. The highest BCUT2D eigenvalue weighted by atomic mass is 32.2. The van der Waals surface area contributed by atoms with Crippen molar-refractivity contribution in [1.29, 1.82) is 0 Å². The van der Waals surface area contributed by atoms with Crippen LogP contribution in [0.2, 0.25) is 0 Å². The van der Waals surface area contributed by atoms with Gasteiger partial charge in [-0.25, -0.2) is 0 Å². The molecule has 0 aliphatic carbocycles. The molecule has 0 spiro atoms. The molecule has 0 rings (SSSR count). The summed E-state index contributed by atoms with van der Waals surface area (Å²) in [6.45, 7) is -0.318. The molecule has 0 saturated carbocycles. The SMILES string of the molecule is O=C(O)CCCCNC(=O)SCCC(F)(F)C(F)(F)C(F)(F)C(F)(F)C(F)(F)C(F)(F)C(F)(F)C(F)(F)F. The van der Waals surface area contributed by atoms with E-state index in [0.29, 0.717) is 0 Å². The molecule has 4 nitrogen and oxygen atoms in total. The Labute approximate surface area is 204 Å². The van der Waals surface area contributed by atoms with E-state index in [1.54, 1.807) is 0 Å². The van der Waals surface area contributed by atoms with E-state index >= 15 is 0 Å². The third-order valence-corrected chi connectivity index (χ3v) is 5.34. The molecule has 0 aromatic rings. The summed E-state index contributed by atoms with van der Waals surface area (Å²) in [5, 5.41) is 8.91. The largest absolute Gasteiger partial charge is 0.481 e. The fourth-order valence-corrected chi connectivity index (χ4v) is 3.02. The third-order valence-electron chi connectivity index (χ3n) is 4.52. The van der Waals surface area contributed by atoms with Crippen molar-refractivity contribution in [2.75, 3.05) is 12.3 Å². The number of halogens is 17. The molecular weight excluding hydrogens is 609 g/mol. The Kier molecular flexibility index (Phi) is 10.7. The number of hydrogen-bond acceptors (Lipinski definition) is 3. The molecule has 0 atom stereocenters. The summed E-state index contributed by atoms with van der Waals surface area (Å²) in [4.78, 5) is 21.6. The van der Waals surface area contributed by atoms with Crippen LogP contribution in [0.1, 0.15) is 25.7 Å². The summed E-state index contributed by atoms with van der Waals surface area (Å²) in [5.74, 6) is -59.7. The van der Waals surface area contributed by atoms with Crippen molar-refractivity contribution < 1.29 is 89.3 Å². The van der Waals surface area contributed by atoms with Gasteiger partial charge in [0.1, 0.15) is 0 Å². The molecule has 0 heterocycles. The Morgan fingerprint density at radius 2 is 1.00 bits per heavy atom. The minimum Gasteiger partial charge on any atom is -0.481 e. The van der Waals surface area contributed by atoms with Crippen LogP contribution in [0.15, 0.2) is 0 Å². The number of carbonyl (C=O) groups excluding carboxylic acids is 1. The molecule has 0 aliphatic heterocycles. The third kappa shape index (κ3) is 6.45. The molecule has 0 aliphatic rings. The maximum Gasteiger partial charge on any atom is 0.460 e. The highest BCUT2D eigenvalue weighted by Crippen LogP contribution is 2.64.